The summed E-state index contributed by atoms with van der Waals surface area (Å²) in [5.74, 6) is 1.78. The van der Waals surface area contributed by atoms with Crippen molar-refractivity contribution in [2.24, 2.45) is 5.92 Å². The van der Waals surface area contributed by atoms with Crippen molar-refractivity contribution in [2.75, 3.05) is 46.0 Å². The average molecular weight is 336 g/mol. The molecule has 0 unspecified atom stereocenters. The lowest BCUT2D eigenvalue weighted by atomic mass is 10.2. The fraction of sp³-hybridized carbons (Fsp3) is 0.938. The van der Waals surface area contributed by atoms with E-state index in [4.69, 9.17) is 4.74 Å². The first-order chi connectivity index (χ1) is 11.8. The molecule has 0 bridgehead atoms. The molecule has 0 radical (unpaired) electrons. The summed E-state index contributed by atoms with van der Waals surface area (Å²) in [4.78, 5) is 4.86. The SMILES string of the molecule is OC[C@@H]1CC[C@H](c2nnnn2CCN2CCOCC2)N1CC1CC1. The Kier molecular flexibility index (Phi) is 5.07. The number of aliphatic hydroxyl groups is 1. The van der Waals surface area contributed by atoms with Crippen molar-refractivity contribution < 1.29 is 9.84 Å². The zero-order chi connectivity index (χ0) is 16.4. The van der Waals surface area contributed by atoms with E-state index in [9.17, 15) is 5.11 Å². The van der Waals surface area contributed by atoms with E-state index < -0.39 is 0 Å². The minimum atomic E-state index is 0.235. The number of morpholine rings is 1. The second-order valence-electron chi connectivity index (χ2n) is 7.28. The van der Waals surface area contributed by atoms with Crippen LogP contribution in [0.15, 0.2) is 0 Å². The van der Waals surface area contributed by atoms with E-state index in [-0.39, 0.29) is 18.7 Å². The monoisotopic (exact) mass is 336 g/mol. The molecule has 4 rings (SSSR count). The maximum absolute atomic E-state index is 9.71. The van der Waals surface area contributed by atoms with E-state index in [2.05, 4.69) is 25.3 Å². The van der Waals surface area contributed by atoms with Crippen LogP contribution in [0.1, 0.15) is 37.5 Å². The van der Waals surface area contributed by atoms with E-state index in [1.807, 2.05) is 4.68 Å². The van der Waals surface area contributed by atoms with Crippen LogP contribution in [0, 0.1) is 5.92 Å². The second kappa shape index (κ2) is 7.43. The van der Waals surface area contributed by atoms with Crippen molar-refractivity contribution in [1.29, 1.82) is 0 Å². The number of likely N-dealkylation sites (tertiary alicyclic amines) is 1. The van der Waals surface area contributed by atoms with Crippen LogP contribution in [0.4, 0.5) is 0 Å². The highest BCUT2D eigenvalue weighted by Gasteiger charge is 2.39. The first kappa shape index (κ1) is 16.4. The first-order valence-corrected chi connectivity index (χ1v) is 9.28. The van der Waals surface area contributed by atoms with Gasteiger partial charge in [-0.1, -0.05) is 0 Å². The summed E-state index contributed by atoms with van der Waals surface area (Å²) in [5, 5.41) is 22.2. The van der Waals surface area contributed by atoms with Crippen molar-refractivity contribution in [3.63, 3.8) is 0 Å². The van der Waals surface area contributed by atoms with Crippen LogP contribution in [-0.2, 0) is 11.3 Å². The molecule has 1 saturated carbocycles. The van der Waals surface area contributed by atoms with Crippen molar-refractivity contribution in [1.82, 2.24) is 30.0 Å². The number of nitrogens with zero attached hydrogens (tertiary/aromatic N) is 6. The van der Waals surface area contributed by atoms with Crippen molar-refractivity contribution in [3.8, 4) is 0 Å². The quantitative estimate of drug-likeness (QED) is 0.745. The zero-order valence-electron chi connectivity index (χ0n) is 14.3. The molecule has 3 aliphatic rings. The normalized spacial score (nSPS) is 29.4. The standard InChI is InChI=1S/C16H28N6O2/c23-12-14-3-4-15(21(14)11-13-1-2-13)16-17-18-19-22(16)6-5-20-7-9-24-10-8-20/h13-15,23H,1-12H2/t14-,15+/m0/s1. The third-order valence-corrected chi connectivity index (χ3v) is 5.61. The lowest BCUT2D eigenvalue weighted by Gasteiger charge is -2.29. The lowest BCUT2D eigenvalue weighted by molar-refractivity contribution is 0.0355. The Morgan fingerprint density at radius 1 is 1.08 bits per heavy atom. The number of aromatic nitrogens is 4. The van der Waals surface area contributed by atoms with Gasteiger partial charge < -0.3 is 9.84 Å². The van der Waals surface area contributed by atoms with Gasteiger partial charge in [0.15, 0.2) is 5.82 Å². The minimum absolute atomic E-state index is 0.235. The molecule has 1 aliphatic carbocycles. The zero-order valence-corrected chi connectivity index (χ0v) is 14.3. The van der Waals surface area contributed by atoms with Gasteiger partial charge in [-0.15, -0.1) is 5.10 Å². The Hall–Kier alpha value is -1.09. The van der Waals surface area contributed by atoms with Crippen LogP contribution in [0.2, 0.25) is 0 Å². The summed E-state index contributed by atoms with van der Waals surface area (Å²) < 4.78 is 7.38. The molecule has 1 aromatic heterocycles. The van der Waals surface area contributed by atoms with E-state index in [0.29, 0.717) is 0 Å². The molecule has 0 amide bonds. The molecule has 1 N–H and O–H groups in total. The highest BCUT2D eigenvalue weighted by Crippen LogP contribution is 2.39. The number of hydrogen-bond acceptors (Lipinski definition) is 7. The summed E-state index contributed by atoms with van der Waals surface area (Å²) in [6.45, 7) is 6.70. The van der Waals surface area contributed by atoms with Crippen LogP contribution < -0.4 is 0 Å². The largest absolute Gasteiger partial charge is 0.395 e. The summed E-state index contributed by atoms with van der Waals surface area (Å²) in [5.41, 5.74) is 0. The van der Waals surface area contributed by atoms with Gasteiger partial charge >= 0.3 is 0 Å². The summed E-state index contributed by atoms with van der Waals surface area (Å²) >= 11 is 0. The number of aliphatic hydroxyl groups excluding tert-OH is 1. The predicted molar refractivity (Wildman–Crippen MR) is 87.4 cm³/mol. The maximum atomic E-state index is 9.71. The number of ether oxygens (including phenoxy) is 1. The summed E-state index contributed by atoms with van der Waals surface area (Å²) in [6.07, 6.45) is 4.72. The smallest absolute Gasteiger partial charge is 0.168 e. The van der Waals surface area contributed by atoms with Gasteiger partial charge in [-0.25, -0.2) is 4.68 Å². The average Bonchev–Trinajstić information content (AvgIpc) is 3.17. The van der Waals surface area contributed by atoms with Crippen LogP contribution in [0.25, 0.3) is 0 Å². The van der Waals surface area contributed by atoms with Crippen LogP contribution in [0.5, 0.6) is 0 Å². The molecule has 134 valence electrons. The molecule has 2 atom stereocenters. The number of hydrogen-bond donors (Lipinski definition) is 1. The molecule has 8 nitrogen and oxygen atoms in total. The predicted octanol–water partition coefficient (Wildman–Crippen LogP) is -0.0869. The maximum Gasteiger partial charge on any atom is 0.168 e. The van der Waals surface area contributed by atoms with Gasteiger partial charge in [0.05, 0.1) is 32.4 Å². The topological polar surface area (TPSA) is 79.5 Å². The summed E-state index contributed by atoms with van der Waals surface area (Å²) in [7, 11) is 0. The van der Waals surface area contributed by atoms with Gasteiger partial charge in [0.1, 0.15) is 0 Å². The molecule has 0 aromatic carbocycles. The third kappa shape index (κ3) is 3.61. The molecule has 1 aromatic rings. The van der Waals surface area contributed by atoms with E-state index >= 15 is 0 Å². The Morgan fingerprint density at radius 2 is 1.92 bits per heavy atom. The molecule has 24 heavy (non-hydrogen) atoms. The lowest BCUT2D eigenvalue weighted by Crippen LogP contribution is -2.39. The Balaban J connectivity index is 1.42. The molecule has 3 fully saturated rings. The van der Waals surface area contributed by atoms with Crippen molar-refractivity contribution in [2.45, 2.75) is 44.3 Å². The molecule has 2 saturated heterocycles. The van der Waals surface area contributed by atoms with Gasteiger partial charge in [-0.3, -0.25) is 9.80 Å². The van der Waals surface area contributed by atoms with Crippen LogP contribution >= 0.6 is 0 Å². The Morgan fingerprint density at radius 3 is 2.67 bits per heavy atom. The molecule has 2 aliphatic heterocycles. The third-order valence-electron chi connectivity index (χ3n) is 5.61. The fourth-order valence-electron chi connectivity index (χ4n) is 3.96. The first-order valence-electron chi connectivity index (χ1n) is 9.28. The van der Waals surface area contributed by atoms with Gasteiger partial charge in [0.2, 0.25) is 0 Å². The van der Waals surface area contributed by atoms with E-state index in [1.54, 1.807) is 0 Å². The van der Waals surface area contributed by atoms with Crippen molar-refractivity contribution in [3.05, 3.63) is 5.82 Å². The second-order valence-corrected chi connectivity index (χ2v) is 7.28. The van der Waals surface area contributed by atoms with Crippen LogP contribution in [-0.4, -0.2) is 87.2 Å². The number of tetrazole rings is 1. The molecular formula is C16H28N6O2. The highest BCUT2D eigenvalue weighted by atomic mass is 16.5. The fourth-order valence-corrected chi connectivity index (χ4v) is 3.96. The number of rotatable bonds is 7. The molecule has 3 heterocycles. The van der Waals surface area contributed by atoms with Gasteiger partial charge in [0, 0.05) is 32.2 Å². The van der Waals surface area contributed by atoms with E-state index in [1.165, 1.54) is 12.8 Å². The van der Waals surface area contributed by atoms with Crippen LogP contribution in [0.3, 0.4) is 0 Å². The Bertz CT molecular complexity index is 528. The molecular weight excluding hydrogens is 308 g/mol. The van der Waals surface area contributed by atoms with E-state index in [0.717, 1.165) is 70.5 Å². The van der Waals surface area contributed by atoms with Crippen molar-refractivity contribution >= 4 is 0 Å². The molecule has 0 spiro atoms. The van der Waals surface area contributed by atoms with Gasteiger partial charge in [-0.05, 0) is 42.0 Å². The summed E-state index contributed by atoms with van der Waals surface area (Å²) in [6, 6.07) is 0.516. The van der Waals surface area contributed by atoms with Gasteiger partial charge in [-0.2, -0.15) is 0 Å². The Labute approximate surface area is 142 Å². The minimum Gasteiger partial charge on any atom is -0.395 e. The molecule has 8 heteroatoms. The van der Waals surface area contributed by atoms with Gasteiger partial charge in [0.25, 0.3) is 0 Å². The highest BCUT2D eigenvalue weighted by molar-refractivity contribution is 5.01.